The summed E-state index contributed by atoms with van der Waals surface area (Å²) >= 11 is 9.25. The van der Waals surface area contributed by atoms with Gasteiger partial charge in [-0.25, -0.2) is 0 Å². The van der Waals surface area contributed by atoms with Crippen LogP contribution in [0, 0.1) is 3.57 Å². The van der Waals surface area contributed by atoms with Gasteiger partial charge in [0.15, 0.2) is 0 Å². The van der Waals surface area contributed by atoms with Crippen molar-refractivity contribution in [3.63, 3.8) is 0 Å². The Morgan fingerprint density at radius 2 is 2.08 bits per heavy atom. The summed E-state index contributed by atoms with van der Waals surface area (Å²) in [5.74, 6) is 0. The van der Waals surface area contributed by atoms with Crippen molar-refractivity contribution in [2.45, 2.75) is 12.8 Å². The summed E-state index contributed by atoms with van der Waals surface area (Å²) in [5.41, 5.74) is 1.42. The zero-order valence-corrected chi connectivity index (χ0v) is 11.8. The molecule has 0 fully saturated rings. The molecule has 0 heterocycles. The number of alkyl halides is 1. The lowest BCUT2D eigenvalue weighted by Gasteiger charge is -2.01. The van der Waals surface area contributed by atoms with Gasteiger partial charge in [0, 0.05) is 13.4 Å². The zero-order valence-electron chi connectivity index (χ0n) is 6.49. The third-order valence-electron chi connectivity index (χ3n) is 1.58. The van der Waals surface area contributed by atoms with Crippen molar-refractivity contribution in [3.05, 3.63) is 31.8 Å². The van der Waals surface area contributed by atoms with Crippen molar-refractivity contribution in [2.24, 2.45) is 0 Å². The molecule has 1 rings (SSSR count). The molecular formula is C9H9Br2I. The Bertz CT molecular complexity index is 261. The fourth-order valence-corrected chi connectivity index (χ4v) is 2.07. The van der Waals surface area contributed by atoms with Crippen molar-refractivity contribution in [3.8, 4) is 0 Å². The molecule has 0 N–H and O–H groups in total. The van der Waals surface area contributed by atoms with Crippen molar-refractivity contribution in [1.29, 1.82) is 0 Å². The van der Waals surface area contributed by atoms with Crippen molar-refractivity contribution in [1.82, 2.24) is 0 Å². The fraction of sp³-hybridized carbons (Fsp3) is 0.333. The van der Waals surface area contributed by atoms with E-state index in [4.69, 9.17) is 0 Å². The molecule has 0 aliphatic rings. The normalized spacial score (nSPS) is 10.2. The Kier molecular flexibility index (Phi) is 5.13. The minimum Gasteiger partial charge on any atom is -0.0928 e. The predicted octanol–water partition coefficient (Wildman–Crippen LogP) is 4.38. The van der Waals surface area contributed by atoms with Gasteiger partial charge in [0.2, 0.25) is 0 Å². The van der Waals surface area contributed by atoms with Gasteiger partial charge in [-0.15, -0.1) is 0 Å². The third kappa shape index (κ3) is 3.34. The monoisotopic (exact) mass is 402 g/mol. The van der Waals surface area contributed by atoms with Crippen LogP contribution in [0.3, 0.4) is 0 Å². The van der Waals surface area contributed by atoms with Crippen LogP contribution in [-0.2, 0) is 6.42 Å². The molecule has 1 aromatic rings. The number of halogens is 3. The molecule has 0 unspecified atom stereocenters. The molecule has 0 bridgehead atoms. The summed E-state index contributed by atoms with van der Waals surface area (Å²) in [5, 5.41) is 1.08. The van der Waals surface area contributed by atoms with E-state index in [-0.39, 0.29) is 0 Å². The van der Waals surface area contributed by atoms with Crippen LogP contribution in [0.5, 0.6) is 0 Å². The van der Waals surface area contributed by atoms with Crippen molar-refractivity contribution in [2.75, 3.05) is 5.33 Å². The van der Waals surface area contributed by atoms with E-state index >= 15 is 0 Å². The van der Waals surface area contributed by atoms with Crippen LogP contribution in [0.2, 0.25) is 0 Å². The predicted molar refractivity (Wildman–Crippen MR) is 69.0 cm³/mol. The Hall–Kier alpha value is 0.910. The van der Waals surface area contributed by atoms with Crippen LogP contribution in [0.25, 0.3) is 0 Å². The van der Waals surface area contributed by atoms with Gasteiger partial charge in [0.1, 0.15) is 0 Å². The first-order chi connectivity index (χ1) is 5.74. The van der Waals surface area contributed by atoms with E-state index in [1.807, 2.05) is 0 Å². The summed E-state index contributed by atoms with van der Waals surface area (Å²) in [6, 6.07) is 6.52. The Morgan fingerprint density at radius 1 is 1.33 bits per heavy atom. The number of rotatable bonds is 3. The molecule has 3 heteroatoms. The maximum Gasteiger partial charge on any atom is 0.0309 e. The van der Waals surface area contributed by atoms with Crippen LogP contribution in [-0.4, -0.2) is 5.33 Å². The van der Waals surface area contributed by atoms with Gasteiger partial charge in [-0.2, -0.15) is 0 Å². The SMILES string of the molecule is BrCCCc1ccc(Br)c(I)c1. The van der Waals surface area contributed by atoms with Crippen LogP contribution >= 0.6 is 54.5 Å². The highest BCUT2D eigenvalue weighted by Crippen LogP contribution is 2.20. The largest absolute Gasteiger partial charge is 0.0928 e. The zero-order chi connectivity index (χ0) is 8.97. The Morgan fingerprint density at radius 3 is 2.67 bits per heavy atom. The standard InChI is InChI=1S/C9H9Br2I/c10-5-1-2-7-3-4-8(11)9(12)6-7/h3-4,6H,1-2,5H2. The second kappa shape index (κ2) is 5.60. The number of hydrogen-bond acceptors (Lipinski definition) is 0. The maximum atomic E-state index is 3.48. The van der Waals surface area contributed by atoms with E-state index < -0.39 is 0 Å². The minimum absolute atomic E-state index is 1.08. The van der Waals surface area contributed by atoms with E-state index in [0.717, 1.165) is 11.8 Å². The molecule has 0 saturated heterocycles. The molecular weight excluding hydrogens is 395 g/mol. The topological polar surface area (TPSA) is 0 Å². The van der Waals surface area contributed by atoms with Gasteiger partial charge in [-0.1, -0.05) is 22.0 Å². The fourth-order valence-electron chi connectivity index (χ4n) is 0.966. The minimum atomic E-state index is 1.08. The second-order valence-electron chi connectivity index (χ2n) is 2.54. The van der Waals surface area contributed by atoms with Crippen molar-refractivity contribution < 1.29 is 0 Å². The highest BCUT2D eigenvalue weighted by molar-refractivity contribution is 14.1. The highest BCUT2D eigenvalue weighted by Gasteiger charge is 1.97. The first-order valence-electron chi connectivity index (χ1n) is 3.74. The lowest BCUT2D eigenvalue weighted by atomic mass is 10.1. The van der Waals surface area contributed by atoms with Gasteiger partial charge in [0.05, 0.1) is 0 Å². The molecule has 66 valence electrons. The maximum absolute atomic E-state index is 3.48. The smallest absolute Gasteiger partial charge is 0.0309 e. The quantitative estimate of drug-likeness (QED) is 0.519. The molecule has 12 heavy (non-hydrogen) atoms. The summed E-state index contributed by atoms with van der Waals surface area (Å²) in [6.45, 7) is 0. The number of aryl methyl sites for hydroxylation is 1. The van der Waals surface area contributed by atoms with E-state index in [1.54, 1.807) is 0 Å². The molecule has 0 radical (unpaired) electrons. The molecule has 0 amide bonds. The average Bonchev–Trinajstić information content (AvgIpc) is 2.07. The molecule has 0 nitrogen and oxygen atoms in total. The van der Waals surface area contributed by atoms with Gasteiger partial charge >= 0.3 is 0 Å². The highest BCUT2D eigenvalue weighted by atomic mass is 127. The van der Waals surface area contributed by atoms with Crippen LogP contribution < -0.4 is 0 Å². The molecule has 1 aromatic carbocycles. The Labute approximate surface area is 104 Å². The average molecular weight is 404 g/mol. The molecule has 0 aliphatic carbocycles. The van der Waals surface area contributed by atoms with Gasteiger partial charge in [-0.05, 0) is 69.1 Å². The molecule has 0 saturated carbocycles. The van der Waals surface area contributed by atoms with E-state index in [1.165, 1.54) is 20.0 Å². The van der Waals surface area contributed by atoms with Gasteiger partial charge in [0.25, 0.3) is 0 Å². The van der Waals surface area contributed by atoms with E-state index in [0.29, 0.717) is 0 Å². The molecule has 0 atom stereocenters. The first kappa shape index (κ1) is 11.0. The lowest BCUT2D eigenvalue weighted by molar-refractivity contribution is 0.938. The first-order valence-corrected chi connectivity index (χ1v) is 6.73. The van der Waals surface area contributed by atoms with Crippen LogP contribution in [0.4, 0.5) is 0 Å². The van der Waals surface area contributed by atoms with E-state index in [2.05, 4.69) is 72.6 Å². The summed E-state index contributed by atoms with van der Waals surface area (Å²) < 4.78 is 2.48. The lowest BCUT2D eigenvalue weighted by Crippen LogP contribution is -1.87. The number of hydrogen-bond donors (Lipinski definition) is 0. The van der Waals surface area contributed by atoms with Crippen molar-refractivity contribution >= 4 is 54.5 Å². The second-order valence-corrected chi connectivity index (χ2v) is 5.35. The van der Waals surface area contributed by atoms with Crippen LogP contribution in [0.15, 0.2) is 22.7 Å². The van der Waals surface area contributed by atoms with E-state index in [9.17, 15) is 0 Å². The van der Waals surface area contributed by atoms with Gasteiger partial charge in [-0.3, -0.25) is 0 Å². The molecule has 0 aromatic heterocycles. The van der Waals surface area contributed by atoms with Gasteiger partial charge < -0.3 is 0 Å². The third-order valence-corrected chi connectivity index (χ3v) is 4.47. The summed E-state index contributed by atoms with van der Waals surface area (Å²) in [4.78, 5) is 0. The van der Waals surface area contributed by atoms with Crippen LogP contribution in [0.1, 0.15) is 12.0 Å². The summed E-state index contributed by atoms with van der Waals surface area (Å²) in [7, 11) is 0. The Balaban J connectivity index is 2.69. The number of benzene rings is 1. The summed E-state index contributed by atoms with van der Waals surface area (Å²) in [6.07, 6.45) is 2.37. The molecule has 0 aliphatic heterocycles. The molecule has 0 spiro atoms.